The molecule has 5 nitrogen and oxygen atoms in total. The molecule has 2 aliphatic heterocycles. The third-order valence-electron chi connectivity index (χ3n) is 5.24. The van der Waals surface area contributed by atoms with Crippen molar-refractivity contribution in [1.82, 2.24) is 10.2 Å². The van der Waals surface area contributed by atoms with Crippen LogP contribution in [0.4, 0.5) is 5.69 Å². The highest BCUT2D eigenvalue weighted by molar-refractivity contribution is 5.85. The Bertz CT molecular complexity index is 1070. The molecular weight excluding hydrogens is 350 g/mol. The SMILES string of the molecule is C=C(/C=C1/C=C(C)C=CN1)c1cc2ccc(N3CCN(C)CC3)cc2oc1=O. The molecule has 0 saturated carbocycles. The van der Waals surface area contributed by atoms with E-state index >= 15 is 0 Å². The standard InChI is InChI=1S/C23H25N3O2/c1-16-6-7-24-19(12-16)13-17(2)21-14-18-4-5-20(15-22(18)28-23(21)27)26-10-8-25(3)9-11-26/h4-7,12-15,24H,2,8-11H2,1,3H3/b19-13-. The van der Waals surface area contributed by atoms with Crippen molar-refractivity contribution in [3.63, 3.8) is 0 Å². The molecule has 3 heterocycles. The number of benzene rings is 1. The molecule has 0 unspecified atom stereocenters. The summed E-state index contributed by atoms with van der Waals surface area (Å²) in [6.45, 7) is 10.1. The second-order valence-corrected chi connectivity index (χ2v) is 7.45. The Morgan fingerprint density at radius 2 is 2.00 bits per heavy atom. The van der Waals surface area contributed by atoms with Crippen LogP contribution in [0.3, 0.4) is 0 Å². The molecule has 2 aromatic rings. The number of nitrogens with one attached hydrogen (secondary N) is 1. The lowest BCUT2D eigenvalue weighted by atomic mass is 10.0. The number of piperazine rings is 1. The van der Waals surface area contributed by atoms with Gasteiger partial charge >= 0.3 is 5.63 Å². The topological polar surface area (TPSA) is 48.7 Å². The summed E-state index contributed by atoms with van der Waals surface area (Å²) in [7, 11) is 2.14. The van der Waals surface area contributed by atoms with E-state index in [9.17, 15) is 4.79 Å². The molecule has 1 aromatic carbocycles. The third kappa shape index (κ3) is 3.80. The van der Waals surface area contributed by atoms with Gasteiger partial charge in [-0.1, -0.05) is 6.58 Å². The number of allylic oxidation sites excluding steroid dienone is 5. The monoisotopic (exact) mass is 375 g/mol. The van der Waals surface area contributed by atoms with Crippen molar-refractivity contribution >= 4 is 22.2 Å². The summed E-state index contributed by atoms with van der Waals surface area (Å²) < 4.78 is 5.64. The maximum atomic E-state index is 12.6. The maximum absolute atomic E-state index is 12.6. The number of hydrogen-bond acceptors (Lipinski definition) is 5. The van der Waals surface area contributed by atoms with Gasteiger partial charge in [-0.2, -0.15) is 0 Å². The van der Waals surface area contributed by atoms with Gasteiger partial charge < -0.3 is 19.5 Å². The van der Waals surface area contributed by atoms with Crippen LogP contribution in [0, 0.1) is 0 Å². The summed E-state index contributed by atoms with van der Waals surface area (Å²) in [6, 6.07) is 7.94. The minimum Gasteiger partial charge on any atom is -0.422 e. The Kier molecular flexibility index (Phi) is 4.92. The van der Waals surface area contributed by atoms with Gasteiger partial charge in [-0.25, -0.2) is 4.79 Å². The Hall–Kier alpha value is -3.05. The fourth-order valence-corrected chi connectivity index (χ4v) is 3.54. The fraction of sp³-hybridized carbons (Fsp3) is 0.261. The molecule has 1 aromatic heterocycles. The largest absolute Gasteiger partial charge is 0.422 e. The van der Waals surface area contributed by atoms with Gasteiger partial charge in [-0.3, -0.25) is 0 Å². The molecule has 0 atom stereocenters. The van der Waals surface area contributed by atoms with Crippen molar-refractivity contribution in [1.29, 1.82) is 0 Å². The van der Waals surface area contributed by atoms with Crippen LogP contribution in [0.15, 0.2) is 75.8 Å². The Morgan fingerprint density at radius 3 is 2.75 bits per heavy atom. The van der Waals surface area contributed by atoms with Gasteiger partial charge in [0.05, 0.1) is 5.56 Å². The summed E-state index contributed by atoms with van der Waals surface area (Å²) in [5.41, 5.74) is 4.48. The van der Waals surface area contributed by atoms with Crippen molar-refractivity contribution in [3.05, 3.63) is 82.5 Å². The molecule has 144 valence electrons. The highest BCUT2D eigenvalue weighted by Crippen LogP contribution is 2.25. The minimum atomic E-state index is -0.364. The summed E-state index contributed by atoms with van der Waals surface area (Å²) in [6.07, 6.45) is 7.74. The highest BCUT2D eigenvalue weighted by Gasteiger charge is 2.16. The van der Waals surface area contributed by atoms with Crippen molar-refractivity contribution in [2.75, 3.05) is 38.1 Å². The van der Waals surface area contributed by atoms with Crippen LogP contribution in [-0.2, 0) is 0 Å². The van der Waals surface area contributed by atoms with Crippen LogP contribution in [-0.4, -0.2) is 38.1 Å². The number of anilines is 1. The lowest BCUT2D eigenvalue weighted by molar-refractivity contribution is 0.313. The highest BCUT2D eigenvalue weighted by atomic mass is 16.4. The van der Waals surface area contributed by atoms with E-state index in [1.165, 1.54) is 0 Å². The van der Waals surface area contributed by atoms with E-state index in [1.54, 1.807) is 0 Å². The first kappa shape index (κ1) is 18.3. The van der Waals surface area contributed by atoms with E-state index in [0.717, 1.165) is 48.5 Å². The molecule has 0 aliphatic carbocycles. The second-order valence-electron chi connectivity index (χ2n) is 7.45. The molecule has 0 spiro atoms. The summed E-state index contributed by atoms with van der Waals surface area (Å²) >= 11 is 0. The summed E-state index contributed by atoms with van der Waals surface area (Å²) in [4.78, 5) is 17.2. The molecule has 4 rings (SSSR count). The van der Waals surface area contributed by atoms with Crippen molar-refractivity contribution in [2.45, 2.75) is 6.92 Å². The quantitative estimate of drug-likeness (QED) is 0.832. The summed E-state index contributed by atoms with van der Waals surface area (Å²) in [5.74, 6) is 0. The van der Waals surface area contributed by atoms with Crippen molar-refractivity contribution in [3.8, 4) is 0 Å². The number of dihydropyridines is 1. The Morgan fingerprint density at radius 1 is 1.21 bits per heavy atom. The first-order valence-electron chi connectivity index (χ1n) is 9.53. The molecule has 28 heavy (non-hydrogen) atoms. The van der Waals surface area contributed by atoms with Gasteiger partial charge in [0.25, 0.3) is 0 Å². The zero-order valence-corrected chi connectivity index (χ0v) is 16.4. The lowest BCUT2D eigenvalue weighted by Crippen LogP contribution is -2.44. The first-order valence-corrected chi connectivity index (χ1v) is 9.53. The number of rotatable bonds is 3. The fourth-order valence-electron chi connectivity index (χ4n) is 3.54. The number of fused-ring (bicyclic) bond motifs is 1. The van der Waals surface area contributed by atoms with E-state index in [4.69, 9.17) is 4.42 Å². The first-order chi connectivity index (χ1) is 13.5. The van der Waals surface area contributed by atoms with E-state index < -0.39 is 0 Å². The zero-order chi connectivity index (χ0) is 19.7. The molecule has 1 fully saturated rings. The maximum Gasteiger partial charge on any atom is 0.344 e. The molecule has 2 aliphatic rings. The Labute approximate surface area is 164 Å². The number of hydrogen-bond donors (Lipinski definition) is 1. The van der Waals surface area contributed by atoms with Crippen LogP contribution in [0.25, 0.3) is 16.5 Å². The smallest absolute Gasteiger partial charge is 0.344 e. The molecule has 0 radical (unpaired) electrons. The third-order valence-corrected chi connectivity index (χ3v) is 5.24. The minimum absolute atomic E-state index is 0.364. The lowest BCUT2D eigenvalue weighted by Gasteiger charge is -2.34. The van der Waals surface area contributed by atoms with Crippen LogP contribution >= 0.6 is 0 Å². The molecule has 5 heteroatoms. The second kappa shape index (κ2) is 7.52. The van der Waals surface area contributed by atoms with Crippen LogP contribution in [0.1, 0.15) is 12.5 Å². The van der Waals surface area contributed by atoms with Crippen LogP contribution in [0.5, 0.6) is 0 Å². The average Bonchev–Trinajstić information content (AvgIpc) is 2.67. The van der Waals surface area contributed by atoms with E-state index in [-0.39, 0.29) is 5.63 Å². The number of likely N-dealkylation sites (N-methyl/N-ethyl adjacent to an activating group) is 1. The predicted molar refractivity (Wildman–Crippen MR) is 115 cm³/mol. The molecule has 0 amide bonds. The van der Waals surface area contributed by atoms with Gasteiger partial charge in [0, 0.05) is 55.2 Å². The van der Waals surface area contributed by atoms with Gasteiger partial charge in [-0.05, 0) is 61.5 Å². The molecule has 1 saturated heterocycles. The molecule has 1 N–H and O–H groups in total. The predicted octanol–water partition coefficient (Wildman–Crippen LogP) is 3.51. The zero-order valence-electron chi connectivity index (χ0n) is 16.4. The van der Waals surface area contributed by atoms with Gasteiger partial charge in [0.1, 0.15) is 5.58 Å². The van der Waals surface area contributed by atoms with E-state index in [0.29, 0.717) is 16.7 Å². The molecular formula is C23H25N3O2. The van der Waals surface area contributed by atoms with Crippen molar-refractivity contribution in [2.24, 2.45) is 0 Å². The van der Waals surface area contributed by atoms with Crippen molar-refractivity contribution < 1.29 is 4.42 Å². The average molecular weight is 375 g/mol. The van der Waals surface area contributed by atoms with Crippen LogP contribution < -0.4 is 15.8 Å². The van der Waals surface area contributed by atoms with E-state index in [1.807, 2.05) is 49.6 Å². The Balaban J connectivity index is 1.63. The number of nitrogens with zero attached hydrogens (tertiary/aromatic N) is 2. The summed E-state index contributed by atoms with van der Waals surface area (Å²) in [5, 5.41) is 4.05. The van der Waals surface area contributed by atoms with Crippen LogP contribution in [0.2, 0.25) is 0 Å². The van der Waals surface area contributed by atoms with Gasteiger partial charge in [0.15, 0.2) is 0 Å². The van der Waals surface area contributed by atoms with Gasteiger partial charge in [-0.15, -0.1) is 0 Å². The molecule has 0 bridgehead atoms. The van der Waals surface area contributed by atoms with Gasteiger partial charge in [0.2, 0.25) is 0 Å². The normalized spacial score (nSPS) is 19.0. The van der Waals surface area contributed by atoms with E-state index in [2.05, 4.69) is 34.8 Å².